The molecule has 0 radical (unpaired) electrons. The molecule has 1 N–H and O–H groups in total. The van der Waals surface area contributed by atoms with Gasteiger partial charge in [-0.3, -0.25) is 0 Å². The Hall–Kier alpha value is -0.410. The first kappa shape index (κ1) is 12.7. The first-order chi connectivity index (χ1) is 7.17. The third kappa shape index (κ3) is 3.92. The number of nitrogens with one attached hydrogen (secondary N) is 1. The van der Waals surface area contributed by atoms with E-state index in [-0.39, 0.29) is 0 Å². The van der Waals surface area contributed by atoms with Crippen LogP contribution >= 0.6 is 11.3 Å². The number of hydrogen-bond acceptors (Lipinski definition) is 3. The van der Waals surface area contributed by atoms with Gasteiger partial charge in [-0.2, -0.15) is 0 Å². The van der Waals surface area contributed by atoms with Crippen molar-refractivity contribution < 1.29 is 0 Å². The van der Waals surface area contributed by atoms with E-state index in [2.05, 4.69) is 38.0 Å². The predicted octanol–water partition coefficient (Wildman–Crippen LogP) is 3.23. The quantitative estimate of drug-likeness (QED) is 0.805. The Morgan fingerprint density at radius 2 is 2.13 bits per heavy atom. The Morgan fingerprint density at radius 3 is 2.67 bits per heavy atom. The molecule has 0 saturated heterocycles. The molecule has 0 amide bonds. The van der Waals surface area contributed by atoms with Crippen LogP contribution in [0.1, 0.15) is 44.0 Å². The van der Waals surface area contributed by atoms with Crippen LogP contribution in [0.2, 0.25) is 0 Å². The second kappa shape index (κ2) is 6.23. The summed E-state index contributed by atoms with van der Waals surface area (Å²) in [6.45, 7) is 9.91. The molecule has 0 aliphatic heterocycles. The summed E-state index contributed by atoms with van der Waals surface area (Å²) in [7, 11) is 0. The molecule has 0 fully saturated rings. The molecule has 1 heterocycles. The molecular formula is C12H22N2S. The van der Waals surface area contributed by atoms with Gasteiger partial charge in [-0.15, -0.1) is 11.3 Å². The van der Waals surface area contributed by atoms with Crippen LogP contribution in [0.25, 0.3) is 0 Å². The molecule has 1 aromatic rings. The molecule has 15 heavy (non-hydrogen) atoms. The Balaban J connectivity index is 2.36. The number of rotatable bonds is 6. The lowest BCUT2D eigenvalue weighted by atomic mass is 10.0. The maximum atomic E-state index is 4.36. The minimum Gasteiger partial charge on any atom is -0.309 e. The van der Waals surface area contributed by atoms with Gasteiger partial charge in [0.2, 0.25) is 0 Å². The van der Waals surface area contributed by atoms with E-state index in [1.165, 1.54) is 16.3 Å². The van der Waals surface area contributed by atoms with Crippen LogP contribution in [-0.4, -0.2) is 11.0 Å². The summed E-state index contributed by atoms with van der Waals surface area (Å²) < 4.78 is 0. The maximum absolute atomic E-state index is 4.36. The molecule has 3 heteroatoms. The van der Waals surface area contributed by atoms with Crippen molar-refractivity contribution in [3.63, 3.8) is 0 Å². The SMILES string of the molecule is CCc1ncc(CNC(C)C(C)CC)s1. The lowest BCUT2D eigenvalue weighted by Crippen LogP contribution is -2.31. The van der Waals surface area contributed by atoms with Crippen molar-refractivity contribution in [3.05, 3.63) is 16.1 Å². The summed E-state index contributed by atoms with van der Waals surface area (Å²) >= 11 is 1.82. The fraction of sp³-hybridized carbons (Fsp3) is 0.750. The normalized spacial score (nSPS) is 15.2. The Kier molecular flexibility index (Phi) is 5.26. The molecule has 0 bridgehead atoms. The Labute approximate surface area is 97.1 Å². The number of thiazole rings is 1. The van der Waals surface area contributed by atoms with E-state index in [4.69, 9.17) is 0 Å². The molecule has 0 aliphatic rings. The largest absolute Gasteiger partial charge is 0.309 e. The molecule has 2 unspecified atom stereocenters. The molecule has 0 aromatic carbocycles. The minimum absolute atomic E-state index is 0.585. The van der Waals surface area contributed by atoms with Gasteiger partial charge < -0.3 is 5.32 Å². The average molecular weight is 226 g/mol. The van der Waals surface area contributed by atoms with Gasteiger partial charge in [0.15, 0.2) is 0 Å². The monoisotopic (exact) mass is 226 g/mol. The summed E-state index contributed by atoms with van der Waals surface area (Å²) in [5.74, 6) is 0.739. The number of hydrogen-bond donors (Lipinski definition) is 1. The Morgan fingerprint density at radius 1 is 1.40 bits per heavy atom. The summed E-state index contributed by atoms with van der Waals surface area (Å²) in [4.78, 5) is 5.71. The van der Waals surface area contributed by atoms with Crippen LogP contribution in [0.3, 0.4) is 0 Å². The van der Waals surface area contributed by atoms with Crippen molar-refractivity contribution in [3.8, 4) is 0 Å². The van der Waals surface area contributed by atoms with E-state index in [1.54, 1.807) is 0 Å². The second-order valence-electron chi connectivity index (χ2n) is 4.13. The zero-order valence-electron chi connectivity index (χ0n) is 10.2. The van der Waals surface area contributed by atoms with E-state index in [9.17, 15) is 0 Å². The highest BCUT2D eigenvalue weighted by Crippen LogP contribution is 2.14. The molecule has 0 spiro atoms. The molecule has 2 nitrogen and oxygen atoms in total. The maximum Gasteiger partial charge on any atom is 0.0925 e. The molecular weight excluding hydrogens is 204 g/mol. The van der Waals surface area contributed by atoms with Crippen molar-refractivity contribution in [1.82, 2.24) is 10.3 Å². The van der Waals surface area contributed by atoms with Crippen molar-refractivity contribution in [2.75, 3.05) is 0 Å². The summed E-state index contributed by atoms with van der Waals surface area (Å²) in [6, 6.07) is 0.585. The zero-order chi connectivity index (χ0) is 11.3. The van der Waals surface area contributed by atoms with E-state index < -0.39 is 0 Å². The fourth-order valence-corrected chi connectivity index (χ4v) is 2.22. The lowest BCUT2D eigenvalue weighted by molar-refractivity contribution is 0.390. The van der Waals surface area contributed by atoms with Gasteiger partial charge in [-0.1, -0.05) is 27.2 Å². The first-order valence-corrected chi connectivity index (χ1v) is 6.66. The van der Waals surface area contributed by atoms with Crippen molar-refractivity contribution in [2.24, 2.45) is 5.92 Å². The van der Waals surface area contributed by atoms with Gasteiger partial charge in [-0.05, 0) is 19.3 Å². The standard InChI is InChI=1S/C12H22N2S/c1-5-9(3)10(4)13-7-11-8-14-12(6-2)15-11/h8-10,13H,5-7H2,1-4H3. The van der Waals surface area contributed by atoms with Crippen molar-refractivity contribution in [1.29, 1.82) is 0 Å². The summed E-state index contributed by atoms with van der Waals surface area (Å²) in [5.41, 5.74) is 0. The smallest absolute Gasteiger partial charge is 0.0925 e. The fourth-order valence-electron chi connectivity index (χ4n) is 1.41. The zero-order valence-corrected chi connectivity index (χ0v) is 11.0. The van der Waals surface area contributed by atoms with Crippen LogP contribution in [-0.2, 0) is 13.0 Å². The third-order valence-corrected chi connectivity index (χ3v) is 4.14. The van der Waals surface area contributed by atoms with Crippen molar-refractivity contribution >= 4 is 11.3 Å². The molecule has 1 aromatic heterocycles. The van der Waals surface area contributed by atoms with Gasteiger partial charge in [0.25, 0.3) is 0 Å². The van der Waals surface area contributed by atoms with Crippen LogP contribution in [0.5, 0.6) is 0 Å². The summed E-state index contributed by atoms with van der Waals surface area (Å²) in [5, 5.41) is 4.80. The van der Waals surface area contributed by atoms with Gasteiger partial charge in [0.05, 0.1) is 5.01 Å². The highest BCUT2D eigenvalue weighted by Gasteiger charge is 2.09. The van der Waals surface area contributed by atoms with Crippen molar-refractivity contribution in [2.45, 2.75) is 53.1 Å². The molecule has 86 valence electrons. The van der Waals surface area contributed by atoms with Gasteiger partial charge in [0, 0.05) is 23.7 Å². The van der Waals surface area contributed by atoms with E-state index >= 15 is 0 Å². The molecule has 2 atom stereocenters. The van der Waals surface area contributed by atoms with Crippen LogP contribution in [0.15, 0.2) is 6.20 Å². The topological polar surface area (TPSA) is 24.9 Å². The molecule has 0 saturated carbocycles. The van der Waals surface area contributed by atoms with E-state index in [1.807, 2.05) is 17.5 Å². The third-order valence-electron chi connectivity index (χ3n) is 3.00. The number of aryl methyl sites for hydroxylation is 1. The first-order valence-electron chi connectivity index (χ1n) is 5.84. The predicted molar refractivity (Wildman–Crippen MR) is 67.2 cm³/mol. The number of aromatic nitrogens is 1. The Bertz CT molecular complexity index is 283. The van der Waals surface area contributed by atoms with E-state index in [0.717, 1.165) is 18.9 Å². The lowest BCUT2D eigenvalue weighted by Gasteiger charge is -2.19. The van der Waals surface area contributed by atoms with Gasteiger partial charge in [-0.25, -0.2) is 4.98 Å². The van der Waals surface area contributed by atoms with E-state index in [0.29, 0.717) is 6.04 Å². The van der Waals surface area contributed by atoms with Gasteiger partial charge in [0.1, 0.15) is 0 Å². The molecule has 0 aliphatic carbocycles. The minimum atomic E-state index is 0.585. The van der Waals surface area contributed by atoms with Crippen LogP contribution in [0.4, 0.5) is 0 Å². The highest BCUT2D eigenvalue weighted by atomic mass is 32.1. The number of nitrogens with zero attached hydrogens (tertiary/aromatic N) is 1. The van der Waals surface area contributed by atoms with Crippen LogP contribution < -0.4 is 5.32 Å². The van der Waals surface area contributed by atoms with Gasteiger partial charge >= 0.3 is 0 Å². The molecule has 1 rings (SSSR count). The second-order valence-corrected chi connectivity index (χ2v) is 5.33. The highest BCUT2D eigenvalue weighted by molar-refractivity contribution is 7.11. The van der Waals surface area contributed by atoms with Crippen LogP contribution in [0, 0.1) is 5.92 Å². The summed E-state index contributed by atoms with van der Waals surface area (Å²) in [6.07, 6.45) is 4.28. The average Bonchev–Trinajstić information content (AvgIpc) is 2.72.